The average molecular weight is 196 g/mol. The van der Waals surface area contributed by atoms with E-state index in [1.54, 1.807) is 0 Å². The average Bonchev–Trinajstić information content (AvgIpc) is 2.11. The van der Waals surface area contributed by atoms with Crippen molar-refractivity contribution in [1.82, 2.24) is 0 Å². The van der Waals surface area contributed by atoms with Crippen LogP contribution in [0.5, 0.6) is 0 Å². The normalized spacial score (nSPS) is 41.1. The highest BCUT2D eigenvalue weighted by atomic mass is 16.1. The maximum absolute atomic E-state index is 12.1. The molecular formula is C13H24O. The lowest BCUT2D eigenvalue weighted by Crippen LogP contribution is -2.53. The van der Waals surface area contributed by atoms with Crippen LogP contribution in [0.3, 0.4) is 0 Å². The van der Waals surface area contributed by atoms with E-state index >= 15 is 0 Å². The van der Waals surface area contributed by atoms with Gasteiger partial charge in [0, 0.05) is 11.8 Å². The second-order valence-electron chi connectivity index (χ2n) is 6.21. The molecule has 0 aliphatic heterocycles. The van der Waals surface area contributed by atoms with Crippen LogP contribution >= 0.6 is 0 Å². The van der Waals surface area contributed by atoms with E-state index in [1.165, 1.54) is 0 Å². The molecule has 1 heteroatoms. The second kappa shape index (κ2) is 3.08. The van der Waals surface area contributed by atoms with Crippen LogP contribution < -0.4 is 0 Å². The van der Waals surface area contributed by atoms with E-state index in [0.29, 0.717) is 11.7 Å². The topological polar surface area (TPSA) is 17.1 Å². The summed E-state index contributed by atoms with van der Waals surface area (Å²) >= 11 is 0. The van der Waals surface area contributed by atoms with Gasteiger partial charge in [0.1, 0.15) is 5.78 Å². The van der Waals surface area contributed by atoms with Crippen molar-refractivity contribution in [1.29, 1.82) is 0 Å². The number of carbonyl (C=O) groups is 1. The summed E-state index contributed by atoms with van der Waals surface area (Å²) in [4.78, 5) is 12.1. The van der Waals surface area contributed by atoms with E-state index in [2.05, 4.69) is 48.5 Å². The fraction of sp³-hybridized carbons (Fsp3) is 0.923. The van der Waals surface area contributed by atoms with Crippen LogP contribution in [0.15, 0.2) is 0 Å². The molecule has 82 valence electrons. The molecule has 0 aromatic carbocycles. The van der Waals surface area contributed by atoms with Gasteiger partial charge in [0.25, 0.3) is 0 Å². The van der Waals surface area contributed by atoms with E-state index in [0.717, 1.165) is 0 Å². The third-order valence-corrected chi connectivity index (χ3v) is 5.32. The van der Waals surface area contributed by atoms with Gasteiger partial charge in [0.15, 0.2) is 0 Å². The van der Waals surface area contributed by atoms with Crippen molar-refractivity contribution in [3.8, 4) is 0 Å². The summed E-state index contributed by atoms with van der Waals surface area (Å²) in [5, 5.41) is 0. The van der Waals surface area contributed by atoms with Crippen molar-refractivity contribution in [3.63, 3.8) is 0 Å². The van der Waals surface area contributed by atoms with Crippen LogP contribution in [0, 0.1) is 28.6 Å². The van der Waals surface area contributed by atoms with Gasteiger partial charge in [-0.1, -0.05) is 48.5 Å². The molecule has 0 saturated heterocycles. The SMILES string of the molecule is CC1C(=O)C(C)C(C)(C)C(C)C1(C)C. The summed E-state index contributed by atoms with van der Waals surface area (Å²) in [5.41, 5.74) is 0.264. The summed E-state index contributed by atoms with van der Waals surface area (Å²) in [7, 11) is 0. The fourth-order valence-electron chi connectivity index (χ4n) is 2.82. The Kier molecular flexibility index (Phi) is 2.58. The Bertz CT molecular complexity index is 226. The van der Waals surface area contributed by atoms with Crippen molar-refractivity contribution < 1.29 is 4.79 Å². The third-order valence-electron chi connectivity index (χ3n) is 5.32. The first-order valence-corrected chi connectivity index (χ1v) is 5.67. The fourth-order valence-corrected chi connectivity index (χ4v) is 2.82. The summed E-state index contributed by atoms with van der Waals surface area (Å²) < 4.78 is 0. The Balaban J connectivity index is 3.15. The minimum Gasteiger partial charge on any atom is -0.299 e. The van der Waals surface area contributed by atoms with Gasteiger partial charge in [-0.25, -0.2) is 0 Å². The molecule has 0 spiro atoms. The molecule has 1 aliphatic rings. The molecule has 0 aromatic heterocycles. The molecular weight excluding hydrogens is 172 g/mol. The molecule has 14 heavy (non-hydrogen) atoms. The summed E-state index contributed by atoms with van der Waals surface area (Å²) in [6, 6.07) is 0. The number of ketones is 1. The maximum Gasteiger partial charge on any atom is 0.139 e. The highest BCUT2D eigenvalue weighted by Gasteiger charge is 2.52. The van der Waals surface area contributed by atoms with Gasteiger partial charge in [-0.15, -0.1) is 0 Å². The van der Waals surface area contributed by atoms with E-state index in [4.69, 9.17) is 0 Å². The molecule has 1 fully saturated rings. The number of carbonyl (C=O) groups excluding carboxylic acids is 1. The van der Waals surface area contributed by atoms with E-state index in [9.17, 15) is 4.79 Å². The standard InChI is InChI=1S/C13H24O/c1-8-11(14)9(2)13(6,7)10(3)12(8,4)5/h8-10H,1-7H3. The summed E-state index contributed by atoms with van der Waals surface area (Å²) in [6.45, 7) is 15.4. The lowest BCUT2D eigenvalue weighted by Gasteiger charge is -2.53. The number of hydrogen-bond acceptors (Lipinski definition) is 1. The zero-order valence-corrected chi connectivity index (χ0v) is 10.6. The highest BCUT2D eigenvalue weighted by Crippen LogP contribution is 2.54. The number of rotatable bonds is 0. The molecule has 1 nitrogen and oxygen atoms in total. The van der Waals surface area contributed by atoms with Crippen LogP contribution in [0.1, 0.15) is 48.5 Å². The van der Waals surface area contributed by atoms with E-state index in [-0.39, 0.29) is 22.7 Å². The zero-order chi connectivity index (χ0) is 11.3. The predicted molar refractivity (Wildman–Crippen MR) is 60.1 cm³/mol. The molecule has 0 bridgehead atoms. The van der Waals surface area contributed by atoms with Crippen LogP contribution in [0.4, 0.5) is 0 Å². The molecule has 1 aliphatic carbocycles. The minimum atomic E-state index is 0.132. The van der Waals surface area contributed by atoms with Crippen molar-refractivity contribution >= 4 is 5.78 Å². The van der Waals surface area contributed by atoms with Crippen LogP contribution in [-0.2, 0) is 4.79 Å². The Labute approximate surface area is 88.3 Å². The van der Waals surface area contributed by atoms with Gasteiger partial charge in [0.2, 0.25) is 0 Å². The van der Waals surface area contributed by atoms with Gasteiger partial charge in [0.05, 0.1) is 0 Å². The van der Waals surface area contributed by atoms with Crippen molar-refractivity contribution in [3.05, 3.63) is 0 Å². The largest absolute Gasteiger partial charge is 0.299 e. The van der Waals surface area contributed by atoms with Gasteiger partial charge >= 0.3 is 0 Å². The first kappa shape index (κ1) is 11.7. The maximum atomic E-state index is 12.1. The third kappa shape index (κ3) is 1.32. The van der Waals surface area contributed by atoms with Crippen molar-refractivity contribution in [2.24, 2.45) is 28.6 Å². The quantitative estimate of drug-likeness (QED) is 0.579. The van der Waals surface area contributed by atoms with Crippen molar-refractivity contribution in [2.45, 2.75) is 48.5 Å². The molecule has 0 amide bonds. The first-order chi connectivity index (χ1) is 6.13. The Hall–Kier alpha value is -0.330. The molecule has 0 aromatic rings. The molecule has 0 radical (unpaired) electrons. The van der Waals surface area contributed by atoms with Crippen LogP contribution in [0.2, 0.25) is 0 Å². The van der Waals surface area contributed by atoms with E-state index < -0.39 is 0 Å². The molecule has 1 rings (SSSR count). The lowest BCUT2D eigenvalue weighted by atomic mass is 9.50. The van der Waals surface area contributed by atoms with Crippen LogP contribution in [0.25, 0.3) is 0 Å². The predicted octanol–water partition coefficient (Wildman–Crippen LogP) is 3.53. The van der Waals surface area contributed by atoms with Crippen molar-refractivity contribution in [2.75, 3.05) is 0 Å². The lowest BCUT2D eigenvalue weighted by molar-refractivity contribution is -0.148. The zero-order valence-electron chi connectivity index (χ0n) is 10.6. The molecule has 2 atom stereocenters. The number of Topliss-reactive ketones (excluding diaryl/α,β-unsaturated/α-hetero) is 1. The Morgan fingerprint density at radius 2 is 1.14 bits per heavy atom. The highest BCUT2D eigenvalue weighted by molar-refractivity contribution is 5.85. The first-order valence-electron chi connectivity index (χ1n) is 5.67. The minimum absolute atomic E-state index is 0.132. The van der Waals surface area contributed by atoms with E-state index in [1.807, 2.05) is 0 Å². The Morgan fingerprint density at radius 1 is 0.857 bits per heavy atom. The molecule has 1 saturated carbocycles. The monoisotopic (exact) mass is 196 g/mol. The molecule has 0 heterocycles. The van der Waals surface area contributed by atoms with Gasteiger partial charge in [-0.05, 0) is 16.7 Å². The molecule has 2 unspecified atom stereocenters. The van der Waals surface area contributed by atoms with Crippen LogP contribution in [-0.4, -0.2) is 5.78 Å². The summed E-state index contributed by atoms with van der Waals surface area (Å²) in [5.74, 6) is 1.41. The molecule has 0 N–H and O–H groups in total. The van der Waals surface area contributed by atoms with Gasteiger partial charge in [-0.3, -0.25) is 4.79 Å². The van der Waals surface area contributed by atoms with Gasteiger partial charge < -0.3 is 0 Å². The summed E-state index contributed by atoms with van der Waals surface area (Å²) in [6.07, 6.45) is 0. The second-order valence-corrected chi connectivity index (χ2v) is 6.21. The number of hydrogen-bond donors (Lipinski definition) is 0. The smallest absolute Gasteiger partial charge is 0.139 e. The van der Waals surface area contributed by atoms with Gasteiger partial charge in [-0.2, -0.15) is 0 Å². The Morgan fingerprint density at radius 3 is 1.43 bits per heavy atom.